The van der Waals surface area contributed by atoms with Crippen molar-refractivity contribution in [2.45, 2.75) is 23.8 Å². The number of thioether (sulfide) groups is 1. The van der Waals surface area contributed by atoms with Gasteiger partial charge in [-0.3, -0.25) is 4.79 Å². The quantitative estimate of drug-likeness (QED) is 0.703. The molecule has 1 saturated heterocycles. The van der Waals surface area contributed by atoms with Gasteiger partial charge in [-0.05, 0) is 18.6 Å². The first kappa shape index (κ1) is 20.3. The van der Waals surface area contributed by atoms with Crippen LogP contribution in [0.3, 0.4) is 0 Å². The van der Waals surface area contributed by atoms with E-state index in [0.29, 0.717) is 24.3 Å². The number of hydrogen-bond acceptors (Lipinski definition) is 5. The van der Waals surface area contributed by atoms with Gasteiger partial charge in [-0.2, -0.15) is 11.8 Å². The summed E-state index contributed by atoms with van der Waals surface area (Å²) in [5, 5.41) is 6.11. The summed E-state index contributed by atoms with van der Waals surface area (Å²) < 4.78 is 24.1. The van der Waals surface area contributed by atoms with Crippen molar-refractivity contribution >= 4 is 39.9 Å². The summed E-state index contributed by atoms with van der Waals surface area (Å²) in [6, 6.07) is 8.64. The highest BCUT2D eigenvalue weighted by Gasteiger charge is 2.17. The lowest BCUT2D eigenvalue weighted by Crippen LogP contribution is -2.41. The van der Waals surface area contributed by atoms with Gasteiger partial charge in [-0.1, -0.05) is 18.2 Å². The van der Waals surface area contributed by atoms with E-state index in [1.807, 2.05) is 11.8 Å². The van der Waals surface area contributed by atoms with E-state index in [1.54, 1.807) is 30.3 Å². The molecule has 1 aliphatic rings. The topological polar surface area (TPSA) is 75.3 Å². The fourth-order valence-electron chi connectivity index (χ4n) is 2.28. The summed E-state index contributed by atoms with van der Waals surface area (Å²) >= 11 is 1.85. The van der Waals surface area contributed by atoms with Gasteiger partial charge in [0, 0.05) is 37.1 Å². The van der Waals surface area contributed by atoms with Crippen molar-refractivity contribution in [3.05, 3.63) is 30.3 Å². The molecule has 0 saturated carbocycles. The summed E-state index contributed by atoms with van der Waals surface area (Å²) in [6.45, 7) is 1.34. The lowest BCUT2D eigenvalue weighted by Gasteiger charge is -2.22. The Labute approximate surface area is 148 Å². The largest absolute Gasteiger partial charge is 0.356 e. The fraction of sp³-hybridized carbons (Fsp3) is 0.533. The number of nitrogens with one attached hydrogen (secondary N) is 2. The molecule has 2 N–H and O–H groups in total. The van der Waals surface area contributed by atoms with Crippen molar-refractivity contribution in [3.63, 3.8) is 0 Å². The zero-order valence-electron chi connectivity index (χ0n) is 12.9. The average molecular weight is 379 g/mol. The minimum Gasteiger partial charge on any atom is -0.356 e. The molecule has 1 unspecified atom stereocenters. The third kappa shape index (κ3) is 7.12. The maximum Gasteiger partial charge on any atom is 0.221 e. The molecular weight excluding hydrogens is 356 g/mol. The van der Waals surface area contributed by atoms with E-state index >= 15 is 0 Å². The SMILES string of the molecule is Cl.O=C(CC1CSCCN1)NCCCS(=O)(=O)c1ccccc1. The molecule has 1 aromatic rings. The second-order valence-corrected chi connectivity index (χ2v) is 8.52. The lowest BCUT2D eigenvalue weighted by atomic mass is 10.2. The van der Waals surface area contributed by atoms with Crippen molar-refractivity contribution in [2.24, 2.45) is 0 Å². The average Bonchev–Trinajstić information content (AvgIpc) is 2.53. The molecule has 1 heterocycles. The van der Waals surface area contributed by atoms with Crippen LogP contribution in [0.15, 0.2) is 35.2 Å². The van der Waals surface area contributed by atoms with Crippen LogP contribution in [0, 0.1) is 0 Å². The van der Waals surface area contributed by atoms with Crippen molar-refractivity contribution in [1.82, 2.24) is 10.6 Å². The molecule has 1 aromatic carbocycles. The van der Waals surface area contributed by atoms with E-state index in [1.165, 1.54) is 0 Å². The molecule has 0 radical (unpaired) electrons. The van der Waals surface area contributed by atoms with Crippen LogP contribution < -0.4 is 10.6 Å². The summed E-state index contributed by atoms with van der Waals surface area (Å²) in [4.78, 5) is 12.1. The highest BCUT2D eigenvalue weighted by molar-refractivity contribution is 7.99. The number of amides is 1. The fourth-order valence-corrected chi connectivity index (χ4v) is 4.56. The molecule has 1 fully saturated rings. The number of sulfone groups is 1. The van der Waals surface area contributed by atoms with Crippen molar-refractivity contribution in [2.75, 3.05) is 30.3 Å². The maximum absolute atomic E-state index is 12.1. The second kappa shape index (κ2) is 10.2. The predicted molar refractivity (Wildman–Crippen MR) is 97.1 cm³/mol. The Morgan fingerprint density at radius 2 is 2.04 bits per heavy atom. The molecule has 0 bridgehead atoms. The maximum atomic E-state index is 12.1. The van der Waals surface area contributed by atoms with Gasteiger partial charge in [-0.15, -0.1) is 12.4 Å². The van der Waals surface area contributed by atoms with E-state index in [2.05, 4.69) is 10.6 Å². The first-order chi connectivity index (χ1) is 10.6. The number of carbonyl (C=O) groups is 1. The molecule has 5 nitrogen and oxygen atoms in total. The van der Waals surface area contributed by atoms with E-state index < -0.39 is 9.84 Å². The van der Waals surface area contributed by atoms with Crippen LogP contribution in [-0.4, -0.2) is 50.7 Å². The van der Waals surface area contributed by atoms with Crippen LogP contribution in [-0.2, 0) is 14.6 Å². The minimum absolute atomic E-state index is 0. The highest BCUT2D eigenvalue weighted by Crippen LogP contribution is 2.11. The Balaban J connectivity index is 0.00000264. The van der Waals surface area contributed by atoms with Crippen LogP contribution in [0.2, 0.25) is 0 Å². The van der Waals surface area contributed by atoms with Gasteiger partial charge in [0.15, 0.2) is 9.84 Å². The Hall–Kier alpha value is -0.760. The Bertz CT molecular complexity index is 576. The van der Waals surface area contributed by atoms with Gasteiger partial charge in [0.1, 0.15) is 0 Å². The van der Waals surface area contributed by atoms with Gasteiger partial charge in [0.2, 0.25) is 5.91 Å². The zero-order valence-corrected chi connectivity index (χ0v) is 15.3. The summed E-state index contributed by atoms with van der Waals surface area (Å²) in [7, 11) is -3.25. The van der Waals surface area contributed by atoms with E-state index in [4.69, 9.17) is 0 Å². The van der Waals surface area contributed by atoms with Crippen molar-refractivity contribution in [1.29, 1.82) is 0 Å². The van der Waals surface area contributed by atoms with Crippen LogP contribution in [0.5, 0.6) is 0 Å². The third-order valence-corrected chi connectivity index (χ3v) is 6.39. The lowest BCUT2D eigenvalue weighted by molar-refractivity contribution is -0.121. The molecule has 23 heavy (non-hydrogen) atoms. The first-order valence-corrected chi connectivity index (χ1v) is 10.2. The molecule has 8 heteroatoms. The van der Waals surface area contributed by atoms with Crippen LogP contribution in [0.1, 0.15) is 12.8 Å². The number of carbonyl (C=O) groups excluding carboxylic acids is 1. The van der Waals surface area contributed by atoms with Gasteiger partial charge in [-0.25, -0.2) is 8.42 Å². The van der Waals surface area contributed by atoms with Crippen LogP contribution >= 0.6 is 24.2 Å². The van der Waals surface area contributed by atoms with Crippen LogP contribution in [0.4, 0.5) is 0 Å². The summed E-state index contributed by atoms with van der Waals surface area (Å²) in [6.07, 6.45) is 0.883. The number of benzene rings is 1. The molecule has 0 spiro atoms. The molecule has 1 aliphatic heterocycles. The van der Waals surface area contributed by atoms with Crippen molar-refractivity contribution in [3.8, 4) is 0 Å². The minimum atomic E-state index is -3.25. The Morgan fingerprint density at radius 1 is 1.30 bits per heavy atom. The molecule has 0 aliphatic carbocycles. The highest BCUT2D eigenvalue weighted by atomic mass is 35.5. The van der Waals surface area contributed by atoms with Gasteiger partial charge < -0.3 is 10.6 Å². The molecule has 1 amide bonds. The second-order valence-electron chi connectivity index (χ2n) is 5.27. The summed E-state index contributed by atoms with van der Waals surface area (Å²) in [5.74, 6) is 2.08. The molecule has 130 valence electrons. The van der Waals surface area contributed by atoms with Gasteiger partial charge >= 0.3 is 0 Å². The van der Waals surface area contributed by atoms with Crippen molar-refractivity contribution < 1.29 is 13.2 Å². The monoisotopic (exact) mass is 378 g/mol. The molecule has 2 rings (SSSR count). The van der Waals surface area contributed by atoms with Gasteiger partial charge in [0.05, 0.1) is 10.6 Å². The third-order valence-electron chi connectivity index (χ3n) is 3.44. The number of hydrogen-bond donors (Lipinski definition) is 2. The standard InChI is InChI=1S/C15H22N2O3S2.ClH/c18-15(11-13-12-21-9-8-16-13)17-7-4-10-22(19,20)14-5-2-1-3-6-14;/h1-3,5-6,13,16H,4,7-12H2,(H,17,18);1H. The molecule has 0 aromatic heterocycles. The first-order valence-electron chi connectivity index (χ1n) is 7.43. The normalized spacial score (nSPS) is 18.0. The smallest absolute Gasteiger partial charge is 0.221 e. The number of halogens is 1. The van der Waals surface area contributed by atoms with E-state index in [-0.39, 0.29) is 30.1 Å². The predicted octanol–water partition coefficient (Wildman–Crippen LogP) is 1.48. The van der Waals surface area contributed by atoms with Crippen LogP contribution in [0.25, 0.3) is 0 Å². The summed E-state index contributed by atoms with van der Waals surface area (Å²) in [5.41, 5.74) is 0. The van der Waals surface area contributed by atoms with Gasteiger partial charge in [0.25, 0.3) is 0 Å². The number of rotatable bonds is 7. The molecular formula is C15H23ClN2O3S2. The molecule has 1 atom stereocenters. The Morgan fingerprint density at radius 3 is 2.70 bits per heavy atom. The van der Waals surface area contributed by atoms with E-state index in [0.717, 1.165) is 18.1 Å². The zero-order chi connectivity index (χ0) is 15.8. The Kier molecular flexibility index (Phi) is 8.98. The van der Waals surface area contributed by atoms with E-state index in [9.17, 15) is 13.2 Å².